The van der Waals surface area contributed by atoms with Crippen LogP contribution in [0.1, 0.15) is 17.5 Å². The van der Waals surface area contributed by atoms with Crippen molar-refractivity contribution < 1.29 is 0 Å². The second-order valence-corrected chi connectivity index (χ2v) is 5.96. The highest BCUT2D eigenvalue weighted by atomic mass is 35.5. The minimum Gasteiger partial charge on any atom is -0.251 e. The van der Waals surface area contributed by atoms with E-state index in [4.69, 9.17) is 16.9 Å². The van der Waals surface area contributed by atoms with Crippen LogP contribution in [0.5, 0.6) is 0 Å². The molecule has 0 aliphatic heterocycles. The standard InChI is InChI=1S/C19H17ClN4/c20-17-10-7-15(8-11-17)6-9-16-4-1-2-5-18(16)19-22-14-24(23-19)13-3-12-21/h1-2,4-5,7-8,10-11,14H,3,6,9,13H2. The van der Waals surface area contributed by atoms with E-state index in [1.165, 1.54) is 11.1 Å². The first-order valence-corrected chi connectivity index (χ1v) is 8.23. The van der Waals surface area contributed by atoms with Crippen molar-refractivity contribution in [1.29, 1.82) is 5.26 Å². The van der Waals surface area contributed by atoms with Gasteiger partial charge in [-0.1, -0.05) is 48.0 Å². The Balaban J connectivity index is 1.76. The minimum atomic E-state index is 0.432. The number of rotatable bonds is 6. The summed E-state index contributed by atoms with van der Waals surface area (Å²) >= 11 is 5.93. The number of halogens is 1. The molecule has 0 N–H and O–H groups in total. The number of nitrogens with zero attached hydrogens (tertiary/aromatic N) is 4. The number of aromatic nitrogens is 3. The molecule has 4 nitrogen and oxygen atoms in total. The van der Waals surface area contributed by atoms with Crippen molar-refractivity contribution in [3.63, 3.8) is 0 Å². The average Bonchev–Trinajstić information content (AvgIpc) is 3.08. The molecule has 0 aliphatic carbocycles. The van der Waals surface area contributed by atoms with Gasteiger partial charge in [-0.05, 0) is 36.1 Å². The molecule has 5 heteroatoms. The van der Waals surface area contributed by atoms with Crippen molar-refractivity contribution in [3.05, 3.63) is 71.0 Å². The van der Waals surface area contributed by atoms with Gasteiger partial charge in [-0.15, -0.1) is 0 Å². The average molecular weight is 337 g/mol. The van der Waals surface area contributed by atoms with Crippen LogP contribution in [0.4, 0.5) is 0 Å². The van der Waals surface area contributed by atoms with Gasteiger partial charge in [-0.3, -0.25) is 4.68 Å². The van der Waals surface area contributed by atoms with Crippen LogP contribution < -0.4 is 0 Å². The van der Waals surface area contributed by atoms with E-state index in [1.807, 2.05) is 30.3 Å². The summed E-state index contributed by atoms with van der Waals surface area (Å²) in [5.41, 5.74) is 3.51. The van der Waals surface area contributed by atoms with E-state index in [0.29, 0.717) is 18.8 Å². The van der Waals surface area contributed by atoms with Crippen LogP contribution in [0.15, 0.2) is 54.9 Å². The van der Waals surface area contributed by atoms with E-state index in [9.17, 15) is 0 Å². The van der Waals surface area contributed by atoms with E-state index < -0.39 is 0 Å². The lowest BCUT2D eigenvalue weighted by Crippen LogP contribution is -1.99. The Labute approximate surface area is 146 Å². The summed E-state index contributed by atoms with van der Waals surface area (Å²) in [6, 6.07) is 18.3. The smallest absolute Gasteiger partial charge is 0.181 e. The van der Waals surface area contributed by atoms with E-state index in [-0.39, 0.29) is 0 Å². The first-order chi connectivity index (χ1) is 11.8. The Hall–Kier alpha value is -2.64. The van der Waals surface area contributed by atoms with Crippen LogP contribution in [0, 0.1) is 11.3 Å². The monoisotopic (exact) mass is 336 g/mol. The summed E-state index contributed by atoms with van der Waals surface area (Å²) in [6.07, 6.45) is 3.96. The van der Waals surface area contributed by atoms with Gasteiger partial charge in [0.1, 0.15) is 6.33 Å². The fraction of sp³-hybridized carbons (Fsp3) is 0.211. The summed E-state index contributed by atoms with van der Waals surface area (Å²) in [5, 5.41) is 13.9. The molecule has 0 saturated heterocycles. The van der Waals surface area contributed by atoms with Gasteiger partial charge in [-0.2, -0.15) is 10.4 Å². The highest BCUT2D eigenvalue weighted by molar-refractivity contribution is 6.30. The third-order valence-corrected chi connectivity index (χ3v) is 4.10. The summed E-state index contributed by atoms with van der Waals surface area (Å²) in [5.74, 6) is 0.708. The Bertz CT molecular complexity index is 846. The van der Waals surface area contributed by atoms with E-state index in [1.54, 1.807) is 11.0 Å². The molecule has 0 amide bonds. The normalized spacial score (nSPS) is 10.5. The molecule has 1 heterocycles. The first kappa shape index (κ1) is 16.2. The number of aryl methyl sites for hydroxylation is 3. The van der Waals surface area contributed by atoms with E-state index >= 15 is 0 Å². The van der Waals surface area contributed by atoms with Crippen molar-refractivity contribution >= 4 is 11.6 Å². The van der Waals surface area contributed by atoms with Gasteiger partial charge < -0.3 is 0 Å². The van der Waals surface area contributed by atoms with E-state index in [2.05, 4.69) is 34.4 Å². The van der Waals surface area contributed by atoms with Crippen molar-refractivity contribution in [2.75, 3.05) is 0 Å². The van der Waals surface area contributed by atoms with Gasteiger partial charge in [0.25, 0.3) is 0 Å². The van der Waals surface area contributed by atoms with Gasteiger partial charge in [0.2, 0.25) is 0 Å². The largest absolute Gasteiger partial charge is 0.251 e. The summed E-state index contributed by atoms with van der Waals surface area (Å²) < 4.78 is 1.72. The molecular formula is C19H17ClN4. The molecule has 0 spiro atoms. The Morgan fingerprint density at radius 2 is 1.83 bits per heavy atom. The zero-order chi connectivity index (χ0) is 16.8. The SMILES string of the molecule is N#CCCn1cnc(-c2ccccc2CCc2ccc(Cl)cc2)n1. The third kappa shape index (κ3) is 4.01. The maximum atomic E-state index is 8.67. The zero-order valence-electron chi connectivity index (χ0n) is 13.2. The topological polar surface area (TPSA) is 54.5 Å². The number of hydrogen-bond acceptors (Lipinski definition) is 3. The second kappa shape index (κ2) is 7.76. The molecule has 3 rings (SSSR count). The molecule has 0 unspecified atom stereocenters. The molecule has 2 aromatic carbocycles. The van der Waals surface area contributed by atoms with Crippen LogP contribution in [0.25, 0.3) is 11.4 Å². The van der Waals surface area contributed by atoms with Crippen LogP contribution >= 0.6 is 11.6 Å². The summed E-state index contributed by atoms with van der Waals surface area (Å²) in [4.78, 5) is 4.39. The highest BCUT2D eigenvalue weighted by Crippen LogP contribution is 2.22. The molecule has 120 valence electrons. The maximum Gasteiger partial charge on any atom is 0.181 e. The maximum absolute atomic E-state index is 8.67. The molecular weight excluding hydrogens is 320 g/mol. The lowest BCUT2D eigenvalue weighted by Gasteiger charge is -2.07. The van der Waals surface area contributed by atoms with Crippen LogP contribution in [0.2, 0.25) is 5.02 Å². The third-order valence-electron chi connectivity index (χ3n) is 3.84. The zero-order valence-corrected chi connectivity index (χ0v) is 13.9. The molecule has 0 atom stereocenters. The van der Waals surface area contributed by atoms with Gasteiger partial charge in [-0.25, -0.2) is 4.98 Å². The van der Waals surface area contributed by atoms with Crippen LogP contribution in [-0.4, -0.2) is 14.8 Å². The Morgan fingerprint density at radius 3 is 2.62 bits per heavy atom. The van der Waals surface area contributed by atoms with Crippen molar-refractivity contribution in [2.24, 2.45) is 0 Å². The molecule has 0 bridgehead atoms. The molecule has 24 heavy (non-hydrogen) atoms. The predicted octanol–water partition coefficient (Wildman–Crippen LogP) is 4.30. The fourth-order valence-corrected chi connectivity index (χ4v) is 2.70. The fourth-order valence-electron chi connectivity index (χ4n) is 2.58. The van der Waals surface area contributed by atoms with Gasteiger partial charge in [0.15, 0.2) is 5.82 Å². The quantitative estimate of drug-likeness (QED) is 0.674. The Morgan fingerprint density at radius 1 is 1.04 bits per heavy atom. The predicted molar refractivity (Wildman–Crippen MR) is 94.5 cm³/mol. The van der Waals surface area contributed by atoms with Gasteiger partial charge in [0.05, 0.1) is 19.0 Å². The first-order valence-electron chi connectivity index (χ1n) is 7.85. The van der Waals surface area contributed by atoms with Crippen LogP contribution in [0.3, 0.4) is 0 Å². The molecule has 0 fully saturated rings. The molecule has 0 aliphatic rings. The molecule has 3 aromatic rings. The van der Waals surface area contributed by atoms with Crippen molar-refractivity contribution in [3.8, 4) is 17.5 Å². The lowest BCUT2D eigenvalue weighted by molar-refractivity contribution is 0.627. The number of hydrogen-bond donors (Lipinski definition) is 0. The number of benzene rings is 2. The molecule has 0 radical (unpaired) electrons. The summed E-state index contributed by atoms with van der Waals surface area (Å²) in [6.45, 7) is 0.566. The van der Waals surface area contributed by atoms with Gasteiger partial charge >= 0.3 is 0 Å². The highest BCUT2D eigenvalue weighted by Gasteiger charge is 2.09. The lowest BCUT2D eigenvalue weighted by atomic mass is 9.99. The van der Waals surface area contributed by atoms with E-state index in [0.717, 1.165) is 23.4 Å². The second-order valence-electron chi connectivity index (χ2n) is 5.52. The number of nitriles is 1. The van der Waals surface area contributed by atoms with Crippen LogP contribution in [-0.2, 0) is 19.4 Å². The Kier molecular flexibility index (Phi) is 5.25. The minimum absolute atomic E-state index is 0.432. The molecule has 0 saturated carbocycles. The van der Waals surface area contributed by atoms with Crippen molar-refractivity contribution in [1.82, 2.24) is 14.8 Å². The van der Waals surface area contributed by atoms with Gasteiger partial charge in [0, 0.05) is 10.6 Å². The summed E-state index contributed by atoms with van der Waals surface area (Å²) in [7, 11) is 0. The molecule has 1 aromatic heterocycles. The van der Waals surface area contributed by atoms with Crippen molar-refractivity contribution in [2.45, 2.75) is 25.8 Å².